The van der Waals surface area contributed by atoms with Crippen LogP contribution in [0.3, 0.4) is 0 Å². The van der Waals surface area contributed by atoms with Crippen molar-refractivity contribution < 1.29 is 0 Å². The first kappa shape index (κ1) is 18.4. The third-order valence-electron chi connectivity index (χ3n) is 5.21. The number of benzene rings is 2. The fourth-order valence-corrected chi connectivity index (χ4v) is 3.58. The first-order chi connectivity index (χ1) is 13.8. The molecule has 0 bridgehead atoms. The van der Waals surface area contributed by atoms with Crippen LogP contribution in [-0.2, 0) is 6.54 Å². The standard InChI is InChI=1S/C23H27N5/c1-19(21-10-6-3-7-11-21)25-22-12-13-24-23(26-22)28-16-14-27(15-17-28)18-20-8-4-2-5-9-20/h2-13,19H,14-18H2,1H3,(H,24,25,26). The number of hydrogen-bond acceptors (Lipinski definition) is 5. The Hall–Kier alpha value is -2.92. The smallest absolute Gasteiger partial charge is 0.227 e. The summed E-state index contributed by atoms with van der Waals surface area (Å²) in [7, 11) is 0. The minimum atomic E-state index is 0.201. The molecular weight excluding hydrogens is 346 g/mol. The summed E-state index contributed by atoms with van der Waals surface area (Å²) < 4.78 is 0. The van der Waals surface area contributed by atoms with Crippen molar-refractivity contribution in [1.82, 2.24) is 14.9 Å². The zero-order valence-electron chi connectivity index (χ0n) is 16.3. The molecule has 5 nitrogen and oxygen atoms in total. The summed E-state index contributed by atoms with van der Waals surface area (Å²) in [4.78, 5) is 14.0. The minimum absolute atomic E-state index is 0.201. The van der Waals surface area contributed by atoms with Crippen LogP contribution in [0.4, 0.5) is 11.8 Å². The molecule has 1 aliphatic rings. The second-order valence-electron chi connectivity index (χ2n) is 7.27. The van der Waals surface area contributed by atoms with Gasteiger partial charge in [0, 0.05) is 45.0 Å². The highest BCUT2D eigenvalue weighted by atomic mass is 15.3. The Labute approximate surface area is 167 Å². The first-order valence-electron chi connectivity index (χ1n) is 9.94. The van der Waals surface area contributed by atoms with E-state index >= 15 is 0 Å². The molecule has 0 spiro atoms. The van der Waals surface area contributed by atoms with Crippen molar-refractivity contribution in [3.8, 4) is 0 Å². The van der Waals surface area contributed by atoms with Gasteiger partial charge in [0.05, 0.1) is 0 Å². The van der Waals surface area contributed by atoms with E-state index in [9.17, 15) is 0 Å². The van der Waals surface area contributed by atoms with Gasteiger partial charge in [-0.25, -0.2) is 4.98 Å². The van der Waals surface area contributed by atoms with Crippen LogP contribution in [-0.4, -0.2) is 41.0 Å². The maximum absolute atomic E-state index is 4.76. The van der Waals surface area contributed by atoms with E-state index < -0.39 is 0 Å². The molecule has 1 saturated heterocycles. The van der Waals surface area contributed by atoms with Gasteiger partial charge in [0.15, 0.2) is 0 Å². The van der Waals surface area contributed by atoms with Crippen molar-refractivity contribution in [2.24, 2.45) is 0 Å². The van der Waals surface area contributed by atoms with E-state index in [0.29, 0.717) is 0 Å². The summed E-state index contributed by atoms with van der Waals surface area (Å²) in [6, 6.07) is 23.2. The average molecular weight is 374 g/mol. The van der Waals surface area contributed by atoms with Crippen LogP contribution in [0.25, 0.3) is 0 Å². The highest BCUT2D eigenvalue weighted by molar-refractivity contribution is 5.43. The van der Waals surface area contributed by atoms with Crippen molar-refractivity contribution in [2.45, 2.75) is 19.5 Å². The van der Waals surface area contributed by atoms with E-state index in [0.717, 1.165) is 44.5 Å². The Bertz CT molecular complexity index is 860. The number of hydrogen-bond donors (Lipinski definition) is 1. The van der Waals surface area contributed by atoms with Gasteiger partial charge in [-0.05, 0) is 24.1 Å². The van der Waals surface area contributed by atoms with Crippen LogP contribution in [0.1, 0.15) is 24.1 Å². The third-order valence-corrected chi connectivity index (χ3v) is 5.21. The van der Waals surface area contributed by atoms with Gasteiger partial charge in [-0.1, -0.05) is 60.7 Å². The number of nitrogens with zero attached hydrogens (tertiary/aromatic N) is 4. The molecule has 1 atom stereocenters. The topological polar surface area (TPSA) is 44.3 Å². The van der Waals surface area contributed by atoms with Crippen molar-refractivity contribution in [2.75, 3.05) is 36.4 Å². The van der Waals surface area contributed by atoms with Gasteiger partial charge in [-0.3, -0.25) is 4.90 Å². The van der Waals surface area contributed by atoms with Crippen LogP contribution < -0.4 is 10.2 Å². The quantitative estimate of drug-likeness (QED) is 0.708. The third kappa shape index (κ3) is 4.67. The zero-order chi connectivity index (χ0) is 19.2. The molecule has 0 amide bonds. The summed E-state index contributed by atoms with van der Waals surface area (Å²) >= 11 is 0. The summed E-state index contributed by atoms with van der Waals surface area (Å²) in [5, 5.41) is 3.49. The van der Waals surface area contributed by atoms with Gasteiger partial charge in [0.2, 0.25) is 5.95 Å². The Morgan fingerprint density at radius 3 is 2.29 bits per heavy atom. The molecule has 1 aromatic heterocycles. The van der Waals surface area contributed by atoms with Gasteiger partial charge in [0.1, 0.15) is 5.82 Å². The van der Waals surface area contributed by atoms with E-state index in [1.807, 2.05) is 18.3 Å². The van der Waals surface area contributed by atoms with Crippen LogP contribution in [0.15, 0.2) is 72.9 Å². The largest absolute Gasteiger partial charge is 0.363 e. The fourth-order valence-electron chi connectivity index (χ4n) is 3.58. The second kappa shape index (κ2) is 8.85. The number of anilines is 2. The van der Waals surface area contributed by atoms with Gasteiger partial charge in [0.25, 0.3) is 0 Å². The summed E-state index contributed by atoms with van der Waals surface area (Å²) in [5.74, 6) is 1.68. The molecule has 2 heterocycles. The Morgan fingerprint density at radius 2 is 1.57 bits per heavy atom. The highest BCUT2D eigenvalue weighted by Crippen LogP contribution is 2.20. The highest BCUT2D eigenvalue weighted by Gasteiger charge is 2.19. The lowest BCUT2D eigenvalue weighted by atomic mass is 10.1. The minimum Gasteiger partial charge on any atom is -0.363 e. The van der Waals surface area contributed by atoms with E-state index in [4.69, 9.17) is 4.98 Å². The summed E-state index contributed by atoms with van der Waals surface area (Å²) in [5.41, 5.74) is 2.62. The SMILES string of the molecule is CC(Nc1ccnc(N2CCN(Cc3ccccc3)CC2)n1)c1ccccc1. The number of rotatable bonds is 6. The number of piperazine rings is 1. The van der Waals surface area contributed by atoms with E-state index in [1.54, 1.807) is 0 Å². The molecule has 144 valence electrons. The maximum atomic E-state index is 4.76. The molecule has 1 fully saturated rings. The first-order valence-corrected chi connectivity index (χ1v) is 9.94. The van der Waals surface area contributed by atoms with Gasteiger partial charge in [-0.2, -0.15) is 4.98 Å². The zero-order valence-corrected chi connectivity index (χ0v) is 16.3. The molecule has 1 N–H and O–H groups in total. The molecule has 4 rings (SSSR count). The predicted octanol–water partition coefficient (Wildman–Crippen LogP) is 3.97. The van der Waals surface area contributed by atoms with Crippen LogP contribution in [0.2, 0.25) is 0 Å². The van der Waals surface area contributed by atoms with Crippen molar-refractivity contribution in [3.05, 3.63) is 84.1 Å². The van der Waals surface area contributed by atoms with E-state index in [2.05, 4.69) is 81.6 Å². The van der Waals surface area contributed by atoms with Crippen LogP contribution in [0, 0.1) is 0 Å². The van der Waals surface area contributed by atoms with Gasteiger partial charge >= 0.3 is 0 Å². The lowest BCUT2D eigenvalue weighted by Crippen LogP contribution is -2.46. The summed E-state index contributed by atoms with van der Waals surface area (Å²) in [6.07, 6.45) is 1.85. The van der Waals surface area contributed by atoms with Crippen molar-refractivity contribution in [3.63, 3.8) is 0 Å². The Balaban J connectivity index is 1.35. The fraction of sp³-hybridized carbons (Fsp3) is 0.304. The van der Waals surface area contributed by atoms with Crippen LogP contribution in [0.5, 0.6) is 0 Å². The lowest BCUT2D eigenvalue weighted by molar-refractivity contribution is 0.248. The number of aromatic nitrogens is 2. The van der Waals surface area contributed by atoms with E-state index in [-0.39, 0.29) is 6.04 Å². The summed E-state index contributed by atoms with van der Waals surface area (Å²) in [6.45, 7) is 7.10. The molecule has 28 heavy (non-hydrogen) atoms. The molecule has 1 unspecified atom stereocenters. The molecule has 0 aliphatic carbocycles. The van der Waals surface area contributed by atoms with E-state index in [1.165, 1.54) is 11.1 Å². The molecule has 2 aromatic carbocycles. The molecule has 3 aromatic rings. The normalized spacial score (nSPS) is 16.0. The van der Waals surface area contributed by atoms with Crippen molar-refractivity contribution in [1.29, 1.82) is 0 Å². The average Bonchev–Trinajstić information content (AvgIpc) is 2.76. The lowest BCUT2D eigenvalue weighted by Gasteiger charge is -2.34. The molecular formula is C23H27N5. The molecule has 0 radical (unpaired) electrons. The monoisotopic (exact) mass is 373 g/mol. The Kier molecular flexibility index (Phi) is 5.83. The Morgan fingerprint density at radius 1 is 0.893 bits per heavy atom. The molecule has 0 saturated carbocycles. The predicted molar refractivity (Wildman–Crippen MR) is 114 cm³/mol. The van der Waals surface area contributed by atoms with Gasteiger partial charge < -0.3 is 10.2 Å². The van der Waals surface area contributed by atoms with Crippen LogP contribution >= 0.6 is 0 Å². The number of nitrogens with one attached hydrogen (secondary N) is 1. The second-order valence-corrected chi connectivity index (χ2v) is 7.27. The maximum Gasteiger partial charge on any atom is 0.227 e. The van der Waals surface area contributed by atoms with Crippen molar-refractivity contribution >= 4 is 11.8 Å². The van der Waals surface area contributed by atoms with Gasteiger partial charge in [-0.15, -0.1) is 0 Å². The molecule has 1 aliphatic heterocycles. The molecule has 5 heteroatoms.